The van der Waals surface area contributed by atoms with E-state index in [1.807, 2.05) is 12.3 Å². The van der Waals surface area contributed by atoms with Crippen molar-refractivity contribution in [1.82, 2.24) is 10.3 Å². The Morgan fingerprint density at radius 1 is 1.67 bits per heavy atom. The standard InChI is InChI=1S/C8H14N2OS/c1-7-6-12-8(10-7)5-9-3-2-4-11/h6,9,11H,2-5H2,1H3. The number of nitrogens with zero attached hydrogens (tertiary/aromatic N) is 1. The summed E-state index contributed by atoms with van der Waals surface area (Å²) >= 11 is 1.67. The molecule has 0 radical (unpaired) electrons. The number of thiazole rings is 1. The van der Waals surface area contributed by atoms with E-state index < -0.39 is 0 Å². The molecular formula is C8H14N2OS. The summed E-state index contributed by atoms with van der Waals surface area (Å²) < 4.78 is 0. The highest BCUT2D eigenvalue weighted by Crippen LogP contribution is 2.07. The van der Waals surface area contributed by atoms with Crippen LogP contribution in [-0.2, 0) is 6.54 Å². The Hall–Kier alpha value is -0.450. The largest absolute Gasteiger partial charge is 0.396 e. The zero-order valence-corrected chi connectivity index (χ0v) is 8.02. The summed E-state index contributed by atoms with van der Waals surface area (Å²) in [6, 6.07) is 0. The first-order valence-corrected chi connectivity index (χ1v) is 4.93. The first-order chi connectivity index (χ1) is 5.83. The first kappa shape index (κ1) is 9.64. The van der Waals surface area contributed by atoms with Gasteiger partial charge in [0.25, 0.3) is 0 Å². The summed E-state index contributed by atoms with van der Waals surface area (Å²) in [6.45, 7) is 3.92. The van der Waals surface area contributed by atoms with Gasteiger partial charge in [-0.05, 0) is 19.9 Å². The summed E-state index contributed by atoms with van der Waals surface area (Å²) in [5, 5.41) is 14.9. The Labute approximate surface area is 76.5 Å². The molecule has 0 saturated heterocycles. The molecule has 12 heavy (non-hydrogen) atoms. The molecule has 0 atom stereocenters. The molecule has 4 heteroatoms. The van der Waals surface area contributed by atoms with Crippen LogP contribution in [0.3, 0.4) is 0 Å². The molecule has 0 amide bonds. The van der Waals surface area contributed by atoms with Crippen LogP contribution in [0.1, 0.15) is 17.1 Å². The third kappa shape index (κ3) is 3.30. The van der Waals surface area contributed by atoms with Crippen molar-refractivity contribution in [2.75, 3.05) is 13.2 Å². The molecule has 0 aliphatic rings. The van der Waals surface area contributed by atoms with Crippen molar-refractivity contribution < 1.29 is 5.11 Å². The van der Waals surface area contributed by atoms with Crippen LogP contribution in [0, 0.1) is 6.92 Å². The van der Waals surface area contributed by atoms with Crippen LogP contribution < -0.4 is 5.32 Å². The normalized spacial score (nSPS) is 10.5. The van der Waals surface area contributed by atoms with E-state index in [2.05, 4.69) is 10.3 Å². The Balaban J connectivity index is 2.15. The predicted octanol–water partition coefficient (Wildman–Crippen LogP) is 0.924. The molecule has 1 aromatic heterocycles. The molecule has 3 nitrogen and oxygen atoms in total. The van der Waals surface area contributed by atoms with Gasteiger partial charge in [0.2, 0.25) is 0 Å². The van der Waals surface area contributed by atoms with Crippen LogP contribution in [0.5, 0.6) is 0 Å². The minimum Gasteiger partial charge on any atom is -0.396 e. The van der Waals surface area contributed by atoms with Crippen molar-refractivity contribution in [2.45, 2.75) is 19.9 Å². The van der Waals surface area contributed by atoms with E-state index in [1.54, 1.807) is 11.3 Å². The molecular weight excluding hydrogens is 172 g/mol. The minimum absolute atomic E-state index is 0.254. The molecule has 1 heterocycles. The van der Waals surface area contributed by atoms with Crippen LogP contribution >= 0.6 is 11.3 Å². The average Bonchev–Trinajstić information content (AvgIpc) is 2.45. The Bertz CT molecular complexity index is 225. The van der Waals surface area contributed by atoms with Gasteiger partial charge in [-0.3, -0.25) is 0 Å². The highest BCUT2D eigenvalue weighted by atomic mass is 32.1. The lowest BCUT2D eigenvalue weighted by atomic mass is 10.4. The van der Waals surface area contributed by atoms with E-state index in [0.717, 1.165) is 30.2 Å². The van der Waals surface area contributed by atoms with Gasteiger partial charge in [-0.1, -0.05) is 0 Å². The Morgan fingerprint density at radius 2 is 2.50 bits per heavy atom. The third-order valence-corrected chi connectivity index (χ3v) is 2.42. The van der Waals surface area contributed by atoms with Crippen molar-refractivity contribution in [2.24, 2.45) is 0 Å². The lowest BCUT2D eigenvalue weighted by molar-refractivity contribution is 0.286. The molecule has 0 saturated carbocycles. The zero-order valence-electron chi connectivity index (χ0n) is 7.21. The molecule has 0 aromatic carbocycles. The Morgan fingerprint density at radius 3 is 3.08 bits per heavy atom. The molecule has 0 fully saturated rings. The molecule has 68 valence electrons. The van der Waals surface area contributed by atoms with Crippen molar-refractivity contribution in [1.29, 1.82) is 0 Å². The number of rotatable bonds is 5. The topological polar surface area (TPSA) is 45.1 Å². The van der Waals surface area contributed by atoms with Gasteiger partial charge in [-0.2, -0.15) is 0 Å². The maximum atomic E-state index is 8.51. The van der Waals surface area contributed by atoms with Gasteiger partial charge < -0.3 is 10.4 Å². The smallest absolute Gasteiger partial charge is 0.107 e. The van der Waals surface area contributed by atoms with Crippen molar-refractivity contribution in [3.8, 4) is 0 Å². The summed E-state index contributed by atoms with van der Waals surface area (Å²) in [4.78, 5) is 4.30. The first-order valence-electron chi connectivity index (χ1n) is 4.05. The SMILES string of the molecule is Cc1csc(CNCCCO)n1. The summed E-state index contributed by atoms with van der Waals surface area (Å²) in [5.74, 6) is 0. The quantitative estimate of drug-likeness (QED) is 0.672. The number of hydrogen-bond acceptors (Lipinski definition) is 4. The van der Waals surface area contributed by atoms with Gasteiger partial charge in [-0.15, -0.1) is 11.3 Å². The number of aryl methyl sites for hydroxylation is 1. The van der Waals surface area contributed by atoms with Gasteiger partial charge in [0.05, 0.1) is 0 Å². The molecule has 0 aliphatic heterocycles. The lowest BCUT2D eigenvalue weighted by Gasteiger charge is -1.98. The molecule has 1 rings (SSSR count). The molecule has 0 unspecified atom stereocenters. The number of aliphatic hydroxyl groups is 1. The molecule has 0 bridgehead atoms. The predicted molar refractivity (Wildman–Crippen MR) is 50.3 cm³/mol. The number of nitrogens with one attached hydrogen (secondary N) is 1. The van der Waals surface area contributed by atoms with Crippen molar-refractivity contribution in [3.63, 3.8) is 0 Å². The van der Waals surface area contributed by atoms with Gasteiger partial charge in [0.15, 0.2) is 0 Å². The van der Waals surface area contributed by atoms with Crippen molar-refractivity contribution >= 4 is 11.3 Å². The number of aromatic nitrogens is 1. The van der Waals surface area contributed by atoms with Crippen molar-refractivity contribution in [3.05, 3.63) is 16.1 Å². The fraction of sp³-hybridized carbons (Fsp3) is 0.625. The Kier molecular flexibility index (Phi) is 4.21. The van der Waals surface area contributed by atoms with Crippen LogP contribution in [-0.4, -0.2) is 23.2 Å². The summed E-state index contributed by atoms with van der Waals surface area (Å²) in [7, 11) is 0. The number of hydrogen-bond donors (Lipinski definition) is 2. The van der Waals surface area contributed by atoms with E-state index in [-0.39, 0.29) is 6.61 Å². The van der Waals surface area contributed by atoms with E-state index in [1.165, 1.54) is 0 Å². The summed E-state index contributed by atoms with van der Waals surface area (Å²) in [5.41, 5.74) is 1.08. The molecule has 0 aliphatic carbocycles. The third-order valence-electron chi connectivity index (χ3n) is 1.45. The van der Waals surface area contributed by atoms with E-state index in [0.29, 0.717) is 0 Å². The van der Waals surface area contributed by atoms with Crippen LogP contribution in [0.2, 0.25) is 0 Å². The highest BCUT2D eigenvalue weighted by Gasteiger charge is 1.96. The average molecular weight is 186 g/mol. The zero-order chi connectivity index (χ0) is 8.81. The minimum atomic E-state index is 0.254. The fourth-order valence-corrected chi connectivity index (χ4v) is 1.62. The second-order valence-electron chi connectivity index (χ2n) is 2.64. The maximum Gasteiger partial charge on any atom is 0.107 e. The number of aliphatic hydroxyl groups excluding tert-OH is 1. The van der Waals surface area contributed by atoms with Gasteiger partial charge in [0.1, 0.15) is 5.01 Å². The molecule has 2 N–H and O–H groups in total. The van der Waals surface area contributed by atoms with Crippen LogP contribution in [0.15, 0.2) is 5.38 Å². The van der Waals surface area contributed by atoms with E-state index in [9.17, 15) is 0 Å². The lowest BCUT2D eigenvalue weighted by Crippen LogP contribution is -2.15. The maximum absolute atomic E-state index is 8.51. The van der Waals surface area contributed by atoms with E-state index in [4.69, 9.17) is 5.11 Å². The van der Waals surface area contributed by atoms with Gasteiger partial charge in [-0.25, -0.2) is 4.98 Å². The van der Waals surface area contributed by atoms with Crippen LogP contribution in [0.25, 0.3) is 0 Å². The molecule has 0 spiro atoms. The van der Waals surface area contributed by atoms with Crippen LogP contribution in [0.4, 0.5) is 0 Å². The second-order valence-corrected chi connectivity index (χ2v) is 3.58. The summed E-state index contributed by atoms with van der Waals surface area (Å²) in [6.07, 6.45) is 0.810. The van der Waals surface area contributed by atoms with Gasteiger partial charge >= 0.3 is 0 Å². The van der Waals surface area contributed by atoms with E-state index >= 15 is 0 Å². The molecule has 1 aromatic rings. The monoisotopic (exact) mass is 186 g/mol. The highest BCUT2D eigenvalue weighted by molar-refractivity contribution is 7.09. The fourth-order valence-electron chi connectivity index (χ4n) is 0.883. The second kappa shape index (κ2) is 5.24. The van der Waals surface area contributed by atoms with Gasteiger partial charge in [0, 0.05) is 24.2 Å².